The first-order chi connectivity index (χ1) is 13.5. The summed E-state index contributed by atoms with van der Waals surface area (Å²) in [5.74, 6) is 0.788. The third kappa shape index (κ3) is 3.29. The van der Waals surface area contributed by atoms with Crippen molar-refractivity contribution < 1.29 is 9.84 Å². The molecular formula is C21H20Cl2N2O2S. The molecule has 0 radical (unpaired) electrons. The molecule has 2 aliphatic rings. The summed E-state index contributed by atoms with van der Waals surface area (Å²) in [5.41, 5.74) is 3.09. The molecule has 1 N–H and O–H groups in total. The Morgan fingerprint density at radius 1 is 1.25 bits per heavy atom. The number of aromatic nitrogens is 1. The molecule has 1 aliphatic carbocycles. The van der Waals surface area contributed by atoms with E-state index in [9.17, 15) is 5.11 Å². The van der Waals surface area contributed by atoms with Crippen LogP contribution >= 0.6 is 34.5 Å². The van der Waals surface area contributed by atoms with Crippen molar-refractivity contribution >= 4 is 44.8 Å². The highest BCUT2D eigenvalue weighted by molar-refractivity contribution is 7.18. The van der Waals surface area contributed by atoms with Gasteiger partial charge in [0.05, 0.1) is 27.4 Å². The van der Waals surface area contributed by atoms with Crippen molar-refractivity contribution in [1.29, 1.82) is 0 Å². The molecule has 7 heteroatoms. The molecule has 3 aromatic rings. The number of ether oxygens (including phenoxy) is 1. The van der Waals surface area contributed by atoms with Crippen LogP contribution in [0.5, 0.6) is 5.75 Å². The molecule has 28 heavy (non-hydrogen) atoms. The van der Waals surface area contributed by atoms with Gasteiger partial charge in [-0.2, -0.15) is 0 Å². The zero-order valence-corrected chi connectivity index (χ0v) is 17.7. The molecule has 0 spiro atoms. The second kappa shape index (κ2) is 7.15. The third-order valence-electron chi connectivity index (χ3n) is 5.66. The topological polar surface area (TPSA) is 45.6 Å². The Bertz CT molecular complexity index is 1050. The van der Waals surface area contributed by atoms with Crippen LogP contribution in [0.4, 0.5) is 0 Å². The maximum absolute atomic E-state index is 10.0. The van der Waals surface area contributed by atoms with Gasteiger partial charge >= 0.3 is 0 Å². The van der Waals surface area contributed by atoms with Gasteiger partial charge in [0.25, 0.3) is 0 Å². The minimum absolute atomic E-state index is 0.121. The van der Waals surface area contributed by atoms with Crippen LogP contribution in [0.2, 0.25) is 10.0 Å². The minimum Gasteiger partial charge on any atom is -0.484 e. The van der Waals surface area contributed by atoms with Crippen LogP contribution in [0, 0.1) is 6.92 Å². The molecular weight excluding hydrogens is 415 g/mol. The maximum Gasteiger partial charge on any atom is 0.140 e. The molecule has 2 heterocycles. The molecule has 5 rings (SSSR count). The van der Waals surface area contributed by atoms with Crippen LogP contribution in [0.15, 0.2) is 30.3 Å². The normalized spacial score (nSPS) is 24.8. The van der Waals surface area contributed by atoms with Crippen LogP contribution in [-0.4, -0.2) is 40.2 Å². The van der Waals surface area contributed by atoms with Gasteiger partial charge in [0.15, 0.2) is 0 Å². The van der Waals surface area contributed by atoms with E-state index in [0.29, 0.717) is 16.6 Å². The Hall–Kier alpha value is -1.37. The number of fused-ring (bicyclic) bond motifs is 2. The Morgan fingerprint density at radius 2 is 2.11 bits per heavy atom. The Labute approximate surface area is 177 Å². The summed E-state index contributed by atoms with van der Waals surface area (Å²) >= 11 is 14.5. The van der Waals surface area contributed by atoms with Gasteiger partial charge in [-0.25, -0.2) is 4.98 Å². The van der Waals surface area contributed by atoms with E-state index in [1.165, 1.54) is 0 Å². The Morgan fingerprint density at radius 3 is 2.89 bits per heavy atom. The number of halogens is 2. The first-order valence-electron chi connectivity index (χ1n) is 9.42. The molecule has 2 aromatic carbocycles. The lowest BCUT2D eigenvalue weighted by Crippen LogP contribution is -2.39. The largest absolute Gasteiger partial charge is 0.484 e. The monoisotopic (exact) mass is 434 g/mol. The van der Waals surface area contributed by atoms with Crippen molar-refractivity contribution in [3.8, 4) is 5.75 Å². The lowest BCUT2D eigenvalue weighted by atomic mass is 10.1. The van der Waals surface area contributed by atoms with E-state index in [4.69, 9.17) is 27.9 Å². The van der Waals surface area contributed by atoms with E-state index < -0.39 is 0 Å². The highest BCUT2D eigenvalue weighted by Gasteiger charge is 2.41. The lowest BCUT2D eigenvalue weighted by Gasteiger charge is -2.30. The first-order valence-corrected chi connectivity index (χ1v) is 11.0. The fourth-order valence-corrected chi connectivity index (χ4v) is 5.78. The summed E-state index contributed by atoms with van der Waals surface area (Å²) in [6.45, 7) is 3.53. The number of aliphatic hydroxyl groups is 1. The van der Waals surface area contributed by atoms with Crippen molar-refractivity contribution in [2.24, 2.45) is 0 Å². The number of rotatable bonds is 3. The predicted molar refractivity (Wildman–Crippen MR) is 114 cm³/mol. The molecule has 1 fully saturated rings. The highest BCUT2D eigenvalue weighted by atomic mass is 35.5. The number of aliphatic hydroxyl groups excluding tert-OH is 1. The number of β-amino-alcohol motifs (C(OH)–C–C–N with tert-alkyl or cyclic N) is 1. The Balaban J connectivity index is 1.52. The van der Waals surface area contributed by atoms with Gasteiger partial charge in [-0.3, -0.25) is 4.90 Å². The van der Waals surface area contributed by atoms with Crippen LogP contribution < -0.4 is 4.74 Å². The molecule has 0 amide bonds. The quantitative estimate of drug-likeness (QED) is 0.628. The summed E-state index contributed by atoms with van der Waals surface area (Å²) in [6.07, 6.45) is 1.12. The minimum atomic E-state index is -0.280. The zero-order chi connectivity index (χ0) is 19.4. The number of thiazole rings is 1. The number of hydrogen-bond acceptors (Lipinski definition) is 5. The van der Waals surface area contributed by atoms with Gasteiger partial charge < -0.3 is 9.84 Å². The molecule has 0 unspecified atom stereocenters. The van der Waals surface area contributed by atoms with Gasteiger partial charge in [-0.1, -0.05) is 23.2 Å². The van der Waals surface area contributed by atoms with Crippen molar-refractivity contribution in [2.45, 2.75) is 38.0 Å². The van der Waals surface area contributed by atoms with Crippen LogP contribution in [0.3, 0.4) is 0 Å². The van der Waals surface area contributed by atoms with E-state index >= 15 is 0 Å². The molecule has 4 nitrogen and oxygen atoms in total. The number of hydrogen-bond donors (Lipinski definition) is 1. The molecule has 3 atom stereocenters. The second-order valence-corrected chi connectivity index (χ2v) is 9.64. The average molecular weight is 435 g/mol. The molecule has 1 saturated heterocycles. The van der Waals surface area contributed by atoms with E-state index in [1.54, 1.807) is 17.4 Å². The van der Waals surface area contributed by atoms with Crippen LogP contribution in [0.1, 0.15) is 28.7 Å². The van der Waals surface area contributed by atoms with Crippen molar-refractivity contribution in [1.82, 2.24) is 9.88 Å². The number of nitrogens with zero attached hydrogens (tertiary/aromatic N) is 2. The summed E-state index contributed by atoms with van der Waals surface area (Å²) < 4.78 is 7.67. The first kappa shape index (κ1) is 18.6. The lowest BCUT2D eigenvalue weighted by molar-refractivity contribution is 0.0819. The molecule has 1 aliphatic heterocycles. The molecule has 0 saturated carbocycles. The molecule has 0 bridgehead atoms. The summed E-state index contributed by atoms with van der Waals surface area (Å²) in [4.78, 5) is 6.89. The highest BCUT2D eigenvalue weighted by Crippen LogP contribution is 2.43. The summed E-state index contributed by atoms with van der Waals surface area (Å²) in [6, 6.07) is 9.94. The molecule has 1 aromatic heterocycles. The number of aryl methyl sites for hydroxylation is 1. The SMILES string of the molecule is Cc1nc2cc(O[C@H]3c4cc(Cl)cc(Cl)c4C[C@@H]3N3CC[C@@H](O)C3)ccc2s1. The van der Waals surface area contributed by atoms with Gasteiger partial charge in [0.2, 0.25) is 0 Å². The van der Waals surface area contributed by atoms with Crippen LogP contribution in [0.25, 0.3) is 10.2 Å². The fourth-order valence-electron chi connectivity index (χ4n) is 4.39. The van der Waals surface area contributed by atoms with E-state index in [0.717, 1.165) is 51.5 Å². The average Bonchev–Trinajstić information content (AvgIpc) is 3.32. The predicted octanol–water partition coefficient (Wildman–Crippen LogP) is 5.02. The van der Waals surface area contributed by atoms with Crippen molar-refractivity contribution in [3.05, 3.63) is 56.5 Å². The molecule has 146 valence electrons. The Kier molecular flexibility index (Phi) is 4.76. The van der Waals surface area contributed by atoms with Gasteiger partial charge in [0.1, 0.15) is 11.9 Å². The van der Waals surface area contributed by atoms with E-state index in [1.807, 2.05) is 25.1 Å². The summed E-state index contributed by atoms with van der Waals surface area (Å²) in [7, 11) is 0. The van der Waals surface area contributed by atoms with E-state index in [2.05, 4.69) is 16.0 Å². The van der Waals surface area contributed by atoms with Gasteiger partial charge in [-0.15, -0.1) is 11.3 Å². The number of benzene rings is 2. The summed E-state index contributed by atoms with van der Waals surface area (Å²) in [5, 5.41) is 12.4. The maximum atomic E-state index is 10.0. The van der Waals surface area contributed by atoms with Crippen LogP contribution in [-0.2, 0) is 6.42 Å². The second-order valence-electron chi connectivity index (χ2n) is 7.57. The van der Waals surface area contributed by atoms with Gasteiger partial charge in [0, 0.05) is 34.8 Å². The number of likely N-dealkylation sites (tertiary alicyclic amines) is 1. The standard InChI is InChI=1S/C21H20Cl2N2O2S/c1-11-24-18-8-14(2-3-20(18)28-11)27-21-16-6-12(22)7-17(23)15(16)9-19(21)25-5-4-13(26)10-25/h2-3,6-8,13,19,21,26H,4-5,9-10H2,1H3/t13-,19+,21+/m1/s1. The van der Waals surface area contributed by atoms with E-state index in [-0.39, 0.29) is 18.2 Å². The van der Waals surface area contributed by atoms with Gasteiger partial charge in [-0.05, 0) is 49.6 Å². The van der Waals surface area contributed by atoms with Crippen molar-refractivity contribution in [3.63, 3.8) is 0 Å². The fraction of sp³-hybridized carbons (Fsp3) is 0.381. The smallest absolute Gasteiger partial charge is 0.140 e. The third-order valence-corrected chi connectivity index (χ3v) is 7.16. The zero-order valence-electron chi connectivity index (χ0n) is 15.4. The van der Waals surface area contributed by atoms with Crippen molar-refractivity contribution in [2.75, 3.05) is 13.1 Å².